The Kier molecular flexibility index (Phi) is 1.62. The number of pyridine rings is 1. The number of fused-ring (bicyclic) bond motifs is 1. The predicted octanol–water partition coefficient (Wildman–Crippen LogP) is -0.186. The molecule has 0 saturated heterocycles. The van der Waals surface area contributed by atoms with Gasteiger partial charge in [-0.15, -0.1) is 0 Å². The van der Waals surface area contributed by atoms with Crippen LogP contribution < -0.4 is 4.90 Å². The van der Waals surface area contributed by atoms with Gasteiger partial charge in [0.1, 0.15) is 0 Å². The average Bonchev–Trinajstić information content (AvgIpc) is 2.04. The van der Waals surface area contributed by atoms with E-state index in [-0.39, 0.29) is 0 Å². The first-order chi connectivity index (χ1) is 5.36. The normalized spacial score (nSPS) is 22.8. The van der Waals surface area contributed by atoms with Gasteiger partial charge in [0, 0.05) is 18.2 Å². The highest BCUT2D eigenvalue weighted by Gasteiger charge is 2.12. The van der Waals surface area contributed by atoms with Crippen molar-refractivity contribution in [3.63, 3.8) is 0 Å². The summed E-state index contributed by atoms with van der Waals surface area (Å²) in [5, 5.41) is 0. The zero-order valence-corrected chi connectivity index (χ0v) is 6.51. The molecule has 2 heterocycles. The van der Waals surface area contributed by atoms with Gasteiger partial charge in [0.25, 0.3) is 0 Å². The molecular formula is C9H12N2. The number of quaternary nitrogens is 1. The van der Waals surface area contributed by atoms with Gasteiger partial charge in [-0.05, 0) is 6.07 Å². The van der Waals surface area contributed by atoms with Gasteiger partial charge in [-0.2, -0.15) is 7.05 Å². The van der Waals surface area contributed by atoms with Crippen LogP contribution in [0, 0.1) is 7.05 Å². The van der Waals surface area contributed by atoms with Gasteiger partial charge in [0.05, 0.1) is 18.8 Å². The Morgan fingerprint density at radius 2 is 2.45 bits per heavy atom. The maximum atomic E-state index is 4.31. The van der Waals surface area contributed by atoms with Crippen molar-refractivity contribution in [3.8, 4) is 0 Å². The fourth-order valence-corrected chi connectivity index (χ4v) is 1.51. The second kappa shape index (κ2) is 2.62. The van der Waals surface area contributed by atoms with Gasteiger partial charge in [-0.3, -0.25) is 4.98 Å². The van der Waals surface area contributed by atoms with Gasteiger partial charge in [-0.25, -0.2) is 0 Å². The van der Waals surface area contributed by atoms with E-state index >= 15 is 0 Å². The van der Waals surface area contributed by atoms with Crippen LogP contribution in [0.3, 0.4) is 0 Å². The number of nitrogens with one attached hydrogen (secondary N) is 1. The Hall–Kier alpha value is -0.890. The van der Waals surface area contributed by atoms with Gasteiger partial charge in [0.15, 0.2) is 0 Å². The number of hydrogen-bond acceptors (Lipinski definition) is 1. The topological polar surface area (TPSA) is 17.3 Å². The molecule has 1 aromatic rings. The van der Waals surface area contributed by atoms with Crippen LogP contribution in [0.4, 0.5) is 0 Å². The third-order valence-corrected chi connectivity index (χ3v) is 2.14. The summed E-state index contributed by atoms with van der Waals surface area (Å²) >= 11 is 0. The third-order valence-electron chi connectivity index (χ3n) is 2.14. The van der Waals surface area contributed by atoms with Crippen LogP contribution >= 0.6 is 0 Å². The quantitative estimate of drug-likeness (QED) is 0.505. The highest BCUT2D eigenvalue weighted by atomic mass is 15.1. The summed E-state index contributed by atoms with van der Waals surface area (Å²) in [6, 6.07) is 4.14. The van der Waals surface area contributed by atoms with Crippen LogP contribution in [-0.2, 0) is 13.0 Å². The fourth-order valence-electron chi connectivity index (χ4n) is 1.51. The largest absolute Gasteiger partial charge is 0.464 e. The first-order valence-electron chi connectivity index (χ1n) is 3.95. The average molecular weight is 148 g/mol. The van der Waals surface area contributed by atoms with Crippen molar-refractivity contribution in [1.82, 2.24) is 4.98 Å². The fraction of sp³-hybridized carbons (Fsp3) is 0.333. The molecule has 0 saturated carbocycles. The molecule has 2 nitrogen and oxygen atoms in total. The van der Waals surface area contributed by atoms with E-state index in [0.29, 0.717) is 0 Å². The number of hydrogen-bond donors (Lipinski definition) is 1. The van der Waals surface area contributed by atoms with Crippen molar-refractivity contribution in [2.75, 3.05) is 6.54 Å². The van der Waals surface area contributed by atoms with E-state index in [0.717, 1.165) is 19.5 Å². The lowest BCUT2D eigenvalue weighted by Crippen LogP contribution is -3.06. The van der Waals surface area contributed by atoms with Crippen molar-refractivity contribution in [2.45, 2.75) is 13.0 Å². The van der Waals surface area contributed by atoms with Gasteiger partial charge < -0.3 is 4.90 Å². The zero-order valence-electron chi connectivity index (χ0n) is 6.51. The molecule has 0 spiro atoms. The van der Waals surface area contributed by atoms with Crippen molar-refractivity contribution >= 4 is 0 Å². The van der Waals surface area contributed by atoms with Gasteiger partial charge in [-0.1, -0.05) is 6.07 Å². The van der Waals surface area contributed by atoms with Gasteiger partial charge in [0.2, 0.25) is 0 Å². The lowest BCUT2D eigenvalue weighted by atomic mass is 10.1. The molecule has 0 bridgehead atoms. The Morgan fingerprint density at radius 3 is 3.36 bits per heavy atom. The summed E-state index contributed by atoms with van der Waals surface area (Å²) in [7, 11) is 3.99. The Bertz CT molecular complexity index is 257. The Morgan fingerprint density at radius 1 is 1.55 bits per heavy atom. The summed E-state index contributed by atoms with van der Waals surface area (Å²) < 4.78 is 0. The molecule has 0 radical (unpaired) electrons. The standard InChI is InChI=1S/C9H12N2/c1-11-6-4-9-8(7-11)3-2-5-10-9/h2-3,5,11H,1,4,6-7H2. The van der Waals surface area contributed by atoms with E-state index in [1.165, 1.54) is 16.2 Å². The molecule has 1 N–H and O–H groups in total. The summed E-state index contributed by atoms with van der Waals surface area (Å²) in [4.78, 5) is 5.65. The maximum Gasteiger partial charge on any atom is 0.0806 e. The van der Waals surface area contributed by atoms with Crippen LogP contribution in [-0.4, -0.2) is 11.5 Å². The molecule has 2 rings (SSSR count). The van der Waals surface area contributed by atoms with Crippen LogP contribution in [0.5, 0.6) is 0 Å². The monoisotopic (exact) mass is 148 g/mol. The highest BCUT2D eigenvalue weighted by molar-refractivity contribution is 5.19. The van der Waals surface area contributed by atoms with E-state index in [1.807, 2.05) is 12.3 Å². The smallest absolute Gasteiger partial charge is 0.0806 e. The second-order valence-corrected chi connectivity index (χ2v) is 3.04. The summed E-state index contributed by atoms with van der Waals surface area (Å²) in [6.07, 6.45) is 2.95. The summed E-state index contributed by atoms with van der Waals surface area (Å²) in [6.45, 7) is 2.15. The number of rotatable bonds is 0. The van der Waals surface area contributed by atoms with Crippen LogP contribution in [0.2, 0.25) is 0 Å². The maximum absolute atomic E-state index is 4.31. The predicted molar refractivity (Wildman–Crippen MR) is 42.8 cm³/mol. The molecule has 11 heavy (non-hydrogen) atoms. The van der Waals surface area contributed by atoms with Crippen LogP contribution in [0.15, 0.2) is 18.3 Å². The van der Waals surface area contributed by atoms with E-state index in [4.69, 9.17) is 0 Å². The molecule has 58 valence electrons. The molecule has 1 aliphatic rings. The zero-order chi connectivity index (χ0) is 7.68. The molecule has 1 aromatic heterocycles. The van der Waals surface area contributed by atoms with Gasteiger partial charge >= 0.3 is 0 Å². The molecule has 1 atom stereocenters. The summed E-state index contributed by atoms with van der Waals surface area (Å²) in [5.41, 5.74) is 2.63. The highest BCUT2D eigenvalue weighted by Crippen LogP contribution is 2.06. The van der Waals surface area contributed by atoms with Crippen LogP contribution in [0.25, 0.3) is 0 Å². The molecule has 0 aliphatic carbocycles. The summed E-state index contributed by atoms with van der Waals surface area (Å²) in [5.74, 6) is 0. The van der Waals surface area contributed by atoms with Crippen molar-refractivity contribution in [1.29, 1.82) is 0 Å². The molecule has 1 unspecified atom stereocenters. The third kappa shape index (κ3) is 1.26. The van der Waals surface area contributed by atoms with E-state index in [9.17, 15) is 0 Å². The molecule has 2 heteroatoms. The molecule has 0 fully saturated rings. The number of aromatic nitrogens is 1. The Labute approximate surface area is 66.9 Å². The Balaban J connectivity index is 2.34. The van der Waals surface area contributed by atoms with Crippen LogP contribution in [0.1, 0.15) is 11.3 Å². The SMILES string of the molecule is [CH2-][NH+]1CCc2ncccc2C1. The van der Waals surface area contributed by atoms with Crippen molar-refractivity contribution in [2.24, 2.45) is 0 Å². The molecule has 0 aromatic carbocycles. The number of nitrogens with zero attached hydrogens (tertiary/aromatic N) is 1. The van der Waals surface area contributed by atoms with E-state index in [2.05, 4.69) is 18.1 Å². The van der Waals surface area contributed by atoms with Crippen molar-refractivity contribution in [3.05, 3.63) is 36.6 Å². The molecular weight excluding hydrogens is 136 g/mol. The second-order valence-electron chi connectivity index (χ2n) is 3.04. The first kappa shape index (κ1) is 6.80. The minimum Gasteiger partial charge on any atom is -0.464 e. The minimum atomic E-state index is 1.03. The molecule has 1 aliphatic heterocycles. The van der Waals surface area contributed by atoms with E-state index < -0.39 is 0 Å². The van der Waals surface area contributed by atoms with E-state index in [1.54, 1.807) is 0 Å². The lowest BCUT2D eigenvalue weighted by molar-refractivity contribution is -0.870. The first-order valence-corrected chi connectivity index (χ1v) is 3.95. The van der Waals surface area contributed by atoms with Crippen molar-refractivity contribution < 1.29 is 4.90 Å². The minimum absolute atomic E-state index is 1.03. The molecule has 0 amide bonds. The lowest BCUT2D eigenvalue weighted by Gasteiger charge is -2.26.